The smallest absolute Gasteiger partial charge is 0.265 e. The summed E-state index contributed by atoms with van der Waals surface area (Å²) in [6.45, 7) is 10.3. The molecule has 0 aliphatic rings. The third kappa shape index (κ3) is 5.58. The van der Waals surface area contributed by atoms with Crippen molar-refractivity contribution in [2.45, 2.75) is 40.7 Å². The van der Waals surface area contributed by atoms with Crippen molar-refractivity contribution in [3.8, 4) is 5.75 Å². The van der Waals surface area contributed by atoms with Crippen molar-refractivity contribution >= 4 is 17.5 Å². The Morgan fingerprint density at radius 2 is 1.70 bits per heavy atom. The first-order valence-corrected chi connectivity index (χ1v) is 9.20. The van der Waals surface area contributed by atoms with Gasteiger partial charge in [-0.05, 0) is 56.0 Å². The molecule has 0 radical (unpaired) electrons. The van der Waals surface area contributed by atoms with E-state index in [0.717, 1.165) is 11.1 Å². The lowest BCUT2D eigenvalue weighted by Crippen LogP contribution is -2.32. The molecule has 0 heterocycles. The van der Waals surface area contributed by atoms with Crippen molar-refractivity contribution < 1.29 is 14.3 Å². The van der Waals surface area contributed by atoms with Crippen molar-refractivity contribution in [3.05, 3.63) is 59.2 Å². The van der Waals surface area contributed by atoms with Crippen LogP contribution in [-0.4, -0.2) is 24.5 Å². The van der Waals surface area contributed by atoms with E-state index in [4.69, 9.17) is 4.74 Å². The lowest BCUT2D eigenvalue weighted by atomic mass is 10.1. The van der Waals surface area contributed by atoms with Crippen LogP contribution in [-0.2, 0) is 4.79 Å². The highest BCUT2D eigenvalue weighted by Crippen LogP contribution is 2.22. The van der Waals surface area contributed by atoms with Crippen LogP contribution in [0.2, 0.25) is 0 Å². The number of carbonyl (C=O) groups is 2. The number of rotatable bonds is 7. The molecule has 144 valence electrons. The van der Waals surface area contributed by atoms with Gasteiger partial charge in [0.2, 0.25) is 0 Å². The van der Waals surface area contributed by atoms with Gasteiger partial charge < -0.3 is 15.4 Å². The van der Waals surface area contributed by atoms with Crippen LogP contribution in [0.15, 0.2) is 42.5 Å². The average molecular weight is 368 g/mol. The molecule has 2 aromatic carbocycles. The van der Waals surface area contributed by atoms with E-state index in [1.54, 1.807) is 31.2 Å². The minimum absolute atomic E-state index is 0.206. The van der Waals surface area contributed by atoms with Gasteiger partial charge >= 0.3 is 0 Å². The van der Waals surface area contributed by atoms with Gasteiger partial charge in [0, 0.05) is 6.54 Å². The van der Waals surface area contributed by atoms with Gasteiger partial charge in [0.1, 0.15) is 5.75 Å². The molecule has 5 heteroatoms. The topological polar surface area (TPSA) is 67.4 Å². The van der Waals surface area contributed by atoms with E-state index in [0.29, 0.717) is 29.5 Å². The van der Waals surface area contributed by atoms with Crippen LogP contribution in [0.1, 0.15) is 42.3 Å². The number of carbonyl (C=O) groups excluding carboxylic acids is 2. The number of hydrogen-bond donors (Lipinski definition) is 2. The van der Waals surface area contributed by atoms with Crippen LogP contribution in [0.3, 0.4) is 0 Å². The van der Waals surface area contributed by atoms with E-state index in [-0.39, 0.29) is 11.8 Å². The zero-order valence-electron chi connectivity index (χ0n) is 16.6. The fourth-order valence-electron chi connectivity index (χ4n) is 2.51. The summed E-state index contributed by atoms with van der Waals surface area (Å²) in [4.78, 5) is 25.0. The minimum atomic E-state index is -0.697. The average Bonchev–Trinajstić information content (AvgIpc) is 2.63. The highest BCUT2D eigenvalue weighted by molar-refractivity contribution is 6.04. The molecule has 0 aliphatic carbocycles. The number of ether oxygens (including phenoxy) is 1. The SMILES string of the molecule is Cc1cccc(O[C@@H](C)C(=O)Nc2ccccc2C(=O)NCC(C)C)c1C. The first-order valence-electron chi connectivity index (χ1n) is 9.20. The Bertz CT molecular complexity index is 815. The maximum Gasteiger partial charge on any atom is 0.265 e. The highest BCUT2D eigenvalue weighted by Gasteiger charge is 2.19. The quantitative estimate of drug-likeness (QED) is 0.773. The van der Waals surface area contributed by atoms with Crippen LogP contribution in [0.5, 0.6) is 5.75 Å². The molecule has 0 saturated carbocycles. The van der Waals surface area contributed by atoms with Crippen LogP contribution in [0.4, 0.5) is 5.69 Å². The summed E-state index contributed by atoms with van der Waals surface area (Å²) >= 11 is 0. The predicted molar refractivity (Wildman–Crippen MR) is 108 cm³/mol. The molecule has 2 rings (SSSR count). The van der Waals surface area contributed by atoms with Crippen molar-refractivity contribution in [1.82, 2.24) is 5.32 Å². The number of nitrogens with one attached hydrogen (secondary N) is 2. The summed E-state index contributed by atoms with van der Waals surface area (Å²) in [5.41, 5.74) is 3.02. The fraction of sp³-hybridized carbons (Fsp3) is 0.364. The Morgan fingerprint density at radius 1 is 1.00 bits per heavy atom. The summed E-state index contributed by atoms with van der Waals surface area (Å²) in [5, 5.41) is 5.68. The molecule has 0 bridgehead atoms. The third-order valence-corrected chi connectivity index (χ3v) is 4.33. The molecule has 0 spiro atoms. The Kier molecular flexibility index (Phi) is 6.99. The maximum absolute atomic E-state index is 12.6. The normalized spacial score (nSPS) is 11.8. The standard InChI is InChI=1S/C22H28N2O3/c1-14(2)13-23-22(26)18-10-6-7-11-19(18)24-21(25)17(5)27-20-12-8-9-15(3)16(20)4/h6-12,14,17H,13H2,1-5H3,(H,23,26)(H,24,25)/t17-/m0/s1. The second kappa shape index (κ2) is 9.21. The van der Waals surface area contributed by atoms with Crippen LogP contribution >= 0.6 is 0 Å². The summed E-state index contributed by atoms with van der Waals surface area (Å²) in [5.74, 6) is 0.519. The number of hydrogen-bond acceptors (Lipinski definition) is 3. The van der Waals surface area contributed by atoms with Crippen LogP contribution in [0, 0.1) is 19.8 Å². The van der Waals surface area contributed by atoms with E-state index in [1.807, 2.05) is 45.9 Å². The van der Waals surface area contributed by atoms with Gasteiger partial charge in [-0.1, -0.05) is 38.1 Å². The van der Waals surface area contributed by atoms with Gasteiger partial charge in [0.25, 0.3) is 11.8 Å². The number of amides is 2. The highest BCUT2D eigenvalue weighted by atomic mass is 16.5. The predicted octanol–water partition coefficient (Wildman–Crippen LogP) is 4.10. The summed E-state index contributed by atoms with van der Waals surface area (Å²) < 4.78 is 5.83. The lowest BCUT2D eigenvalue weighted by Gasteiger charge is -2.18. The number of anilines is 1. The Hall–Kier alpha value is -2.82. The van der Waals surface area contributed by atoms with E-state index < -0.39 is 6.10 Å². The van der Waals surface area contributed by atoms with E-state index >= 15 is 0 Å². The first-order chi connectivity index (χ1) is 12.8. The monoisotopic (exact) mass is 368 g/mol. The van der Waals surface area contributed by atoms with Gasteiger partial charge in [0.15, 0.2) is 6.10 Å². The first kappa shape index (κ1) is 20.5. The molecular formula is C22H28N2O3. The Labute approximate surface area is 161 Å². The van der Waals surface area contributed by atoms with Gasteiger partial charge in [-0.2, -0.15) is 0 Å². The van der Waals surface area contributed by atoms with E-state index in [9.17, 15) is 9.59 Å². The molecule has 0 saturated heterocycles. The van der Waals surface area contributed by atoms with Crippen molar-refractivity contribution in [2.24, 2.45) is 5.92 Å². The molecule has 2 aromatic rings. The molecular weight excluding hydrogens is 340 g/mol. The van der Waals surface area contributed by atoms with Crippen LogP contribution in [0.25, 0.3) is 0 Å². The molecule has 2 N–H and O–H groups in total. The summed E-state index contributed by atoms with van der Waals surface area (Å²) in [7, 11) is 0. The Morgan fingerprint density at radius 3 is 2.41 bits per heavy atom. The molecule has 0 unspecified atom stereocenters. The maximum atomic E-state index is 12.6. The molecule has 0 fully saturated rings. The zero-order chi connectivity index (χ0) is 20.0. The summed E-state index contributed by atoms with van der Waals surface area (Å²) in [6, 6.07) is 12.7. The van der Waals surface area contributed by atoms with Crippen LogP contribution < -0.4 is 15.4 Å². The van der Waals surface area contributed by atoms with Gasteiger partial charge in [0.05, 0.1) is 11.3 Å². The second-order valence-corrected chi connectivity index (χ2v) is 7.10. The molecule has 0 aliphatic heterocycles. The van der Waals surface area contributed by atoms with E-state index in [1.165, 1.54) is 0 Å². The van der Waals surface area contributed by atoms with Gasteiger partial charge in [-0.25, -0.2) is 0 Å². The van der Waals surface area contributed by atoms with Crippen molar-refractivity contribution in [3.63, 3.8) is 0 Å². The van der Waals surface area contributed by atoms with Gasteiger partial charge in [-0.3, -0.25) is 9.59 Å². The molecule has 27 heavy (non-hydrogen) atoms. The van der Waals surface area contributed by atoms with Crippen molar-refractivity contribution in [2.75, 3.05) is 11.9 Å². The minimum Gasteiger partial charge on any atom is -0.481 e. The number of benzene rings is 2. The van der Waals surface area contributed by atoms with Gasteiger partial charge in [-0.15, -0.1) is 0 Å². The number of para-hydroxylation sites is 1. The fourth-order valence-corrected chi connectivity index (χ4v) is 2.51. The second-order valence-electron chi connectivity index (χ2n) is 7.10. The number of aryl methyl sites for hydroxylation is 1. The molecule has 1 atom stereocenters. The summed E-state index contributed by atoms with van der Waals surface area (Å²) in [6.07, 6.45) is -0.697. The Balaban J connectivity index is 2.09. The largest absolute Gasteiger partial charge is 0.481 e. The third-order valence-electron chi connectivity index (χ3n) is 4.33. The lowest BCUT2D eigenvalue weighted by molar-refractivity contribution is -0.122. The molecule has 5 nitrogen and oxygen atoms in total. The zero-order valence-corrected chi connectivity index (χ0v) is 16.6. The van der Waals surface area contributed by atoms with Crippen molar-refractivity contribution in [1.29, 1.82) is 0 Å². The molecule has 2 amide bonds. The molecule has 0 aromatic heterocycles. The van der Waals surface area contributed by atoms with E-state index in [2.05, 4.69) is 10.6 Å².